The molecule has 0 saturated heterocycles. The molecule has 1 aromatic heterocycles. The van der Waals surface area contributed by atoms with Crippen LogP contribution in [-0.2, 0) is 18.9 Å². The van der Waals surface area contributed by atoms with Crippen LogP contribution < -0.4 is 4.74 Å². The van der Waals surface area contributed by atoms with Crippen LogP contribution in [0.4, 0.5) is 0 Å². The molecule has 124 valence electrons. The molecule has 0 aliphatic carbocycles. The highest BCUT2D eigenvalue weighted by Gasteiger charge is 2.12. The van der Waals surface area contributed by atoms with E-state index in [0.29, 0.717) is 6.61 Å². The summed E-state index contributed by atoms with van der Waals surface area (Å²) in [6.45, 7) is 5.47. The summed E-state index contributed by atoms with van der Waals surface area (Å²) < 4.78 is 7.91. The van der Waals surface area contributed by atoms with Crippen molar-refractivity contribution in [3.05, 3.63) is 71.5 Å². The molecule has 3 aromatic rings. The minimum Gasteiger partial charge on any atom is -0.486 e. The van der Waals surface area contributed by atoms with E-state index in [-0.39, 0.29) is 0 Å². The number of para-hydroxylation sites is 1. The van der Waals surface area contributed by atoms with Gasteiger partial charge in [0.05, 0.1) is 0 Å². The Labute approximate surface area is 146 Å². The maximum Gasteiger partial charge on any atom is 0.191 e. The molecule has 0 fully saturated rings. The highest BCUT2D eigenvalue weighted by Crippen LogP contribution is 2.23. The minimum absolute atomic E-state index is 0.426. The number of ether oxygens (including phenoxy) is 1. The first-order valence-corrected chi connectivity index (χ1v) is 9.03. The lowest BCUT2D eigenvalue weighted by molar-refractivity contribution is 0.288. The summed E-state index contributed by atoms with van der Waals surface area (Å²) in [4.78, 5) is 0. The van der Waals surface area contributed by atoms with Gasteiger partial charge in [0.1, 0.15) is 12.4 Å². The van der Waals surface area contributed by atoms with Gasteiger partial charge in [-0.1, -0.05) is 59.8 Å². The Morgan fingerprint density at radius 1 is 1.04 bits per heavy atom. The second kappa shape index (κ2) is 8.02. The molecule has 0 aliphatic rings. The second-order valence-electron chi connectivity index (χ2n) is 5.52. The third-order valence-electron chi connectivity index (χ3n) is 3.67. The lowest BCUT2D eigenvalue weighted by atomic mass is 10.2. The maximum atomic E-state index is 5.79. The van der Waals surface area contributed by atoms with Crippen LogP contribution in [0.15, 0.2) is 59.8 Å². The highest BCUT2D eigenvalue weighted by atomic mass is 32.2. The lowest BCUT2D eigenvalue weighted by Gasteiger charge is -2.09. The molecule has 0 unspecified atom stereocenters. The molecule has 4 nitrogen and oxygen atoms in total. The van der Waals surface area contributed by atoms with Crippen LogP contribution in [-0.4, -0.2) is 14.8 Å². The third-order valence-corrected chi connectivity index (χ3v) is 4.71. The van der Waals surface area contributed by atoms with Crippen molar-refractivity contribution in [1.29, 1.82) is 0 Å². The maximum absolute atomic E-state index is 5.79. The van der Waals surface area contributed by atoms with Crippen LogP contribution in [0.3, 0.4) is 0 Å². The summed E-state index contributed by atoms with van der Waals surface area (Å²) in [6.07, 6.45) is 0. The van der Waals surface area contributed by atoms with Gasteiger partial charge in [0, 0.05) is 12.3 Å². The van der Waals surface area contributed by atoms with Gasteiger partial charge in [-0.25, -0.2) is 0 Å². The second-order valence-corrected chi connectivity index (χ2v) is 6.47. The average Bonchev–Trinajstić information content (AvgIpc) is 3.01. The molecule has 0 atom stereocenters. The van der Waals surface area contributed by atoms with Gasteiger partial charge in [-0.2, -0.15) is 0 Å². The Morgan fingerprint density at radius 2 is 1.88 bits per heavy atom. The summed E-state index contributed by atoms with van der Waals surface area (Å²) in [5.41, 5.74) is 2.58. The van der Waals surface area contributed by atoms with Crippen molar-refractivity contribution in [3.63, 3.8) is 0 Å². The number of rotatable bonds is 7. The van der Waals surface area contributed by atoms with E-state index in [2.05, 4.69) is 52.9 Å². The van der Waals surface area contributed by atoms with Crippen LogP contribution in [0.25, 0.3) is 0 Å². The van der Waals surface area contributed by atoms with Gasteiger partial charge in [-0.3, -0.25) is 0 Å². The van der Waals surface area contributed by atoms with Gasteiger partial charge in [0.25, 0.3) is 0 Å². The Hall–Kier alpha value is -2.27. The molecular weight excluding hydrogens is 318 g/mol. The van der Waals surface area contributed by atoms with Crippen molar-refractivity contribution in [1.82, 2.24) is 14.8 Å². The Balaban J connectivity index is 1.65. The van der Waals surface area contributed by atoms with E-state index in [0.717, 1.165) is 29.0 Å². The molecule has 0 radical (unpaired) electrons. The van der Waals surface area contributed by atoms with Crippen molar-refractivity contribution < 1.29 is 4.74 Å². The van der Waals surface area contributed by atoms with Gasteiger partial charge in [0.15, 0.2) is 11.0 Å². The van der Waals surface area contributed by atoms with Crippen molar-refractivity contribution >= 4 is 11.8 Å². The zero-order valence-corrected chi connectivity index (χ0v) is 14.8. The third kappa shape index (κ3) is 4.17. The van der Waals surface area contributed by atoms with E-state index in [1.54, 1.807) is 11.8 Å². The first kappa shape index (κ1) is 16.6. The van der Waals surface area contributed by atoms with Crippen LogP contribution >= 0.6 is 11.8 Å². The zero-order chi connectivity index (χ0) is 16.8. The molecular formula is C19H21N3OS. The minimum atomic E-state index is 0.426. The van der Waals surface area contributed by atoms with Crippen LogP contribution in [0.2, 0.25) is 0 Å². The normalized spacial score (nSPS) is 10.8. The van der Waals surface area contributed by atoms with Gasteiger partial charge < -0.3 is 9.30 Å². The number of nitrogens with zero attached hydrogens (tertiary/aromatic N) is 3. The van der Waals surface area contributed by atoms with Gasteiger partial charge >= 0.3 is 0 Å². The van der Waals surface area contributed by atoms with E-state index in [4.69, 9.17) is 4.74 Å². The van der Waals surface area contributed by atoms with Crippen molar-refractivity contribution in [2.75, 3.05) is 0 Å². The molecule has 1 heterocycles. The number of hydrogen-bond acceptors (Lipinski definition) is 4. The fourth-order valence-corrected chi connectivity index (χ4v) is 3.43. The average molecular weight is 339 g/mol. The van der Waals surface area contributed by atoms with Crippen molar-refractivity contribution in [3.8, 4) is 5.75 Å². The van der Waals surface area contributed by atoms with Gasteiger partial charge in [0.2, 0.25) is 0 Å². The van der Waals surface area contributed by atoms with E-state index in [9.17, 15) is 0 Å². The summed E-state index contributed by atoms with van der Waals surface area (Å²) in [5, 5.41) is 9.57. The topological polar surface area (TPSA) is 39.9 Å². The molecule has 0 spiro atoms. The first-order valence-electron chi connectivity index (χ1n) is 8.04. The first-order chi connectivity index (χ1) is 11.8. The fraction of sp³-hybridized carbons (Fsp3) is 0.263. The summed E-state index contributed by atoms with van der Waals surface area (Å²) in [5.74, 6) is 2.59. The summed E-state index contributed by atoms with van der Waals surface area (Å²) >= 11 is 1.71. The SMILES string of the molecule is CCn1c(COc2ccccc2)nnc1SCc1cccc(C)c1. The van der Waals surface area contributed by atoms with E-state index < -0.39 is 0 Å². The van der Waals surface area contributed by atoms with Crippen LogP contribution in [0, 0.1) is 6.92 Å². The molecule has 0 aliphatic heterocycles. The van der Waals surface area contributed by atoms with E-state index in [1.807, 2.05) is 30.3 Å². The molecule has 0 bridgehead atoms. The predicted molar refractivity (Wildman–Crippen MR) is 97.2 cm³/mol. The van der Waals surface area contributed by atoms with Crippen molar-refractivity contribution in [2.24, 2.45) is 0 Å². The van der Waals surface area contributed by atoms with Gasteiger partial charge in [-0.05, 0) is 31.5 Å². The molecule has 5 heteroatoms. The molecule has 0 N–H and O–H groups in total. The quantitative estimate of drug-likeness (QED) is 0.595. The summed E-state index contributed by atoms with van der Waals surface area (Å²) in [6, 6.07) is 18.3. The number of aryl methyl sites for hydroxylation is 1. The Morgan fingerprint density at radius 3 is 2.62 bits per heavy atom. The van der Waals surface area contributed by atoms with E-state index in [1.165, 1.54) is 11.1 Å². The molecule has 0 saturated carbocycles. The highest BCUT2D eigenvalue weighted by molar-refractivity contribution is 7.98. The molecule has 24 heavy (non-hydrogen) atoms. The monoisotopic (exact) mass is 339 g/mol. The smallest absolute Gasteiger partial charge is 0.191 e. The number of thioether (sulfide) groups is 1. The number of benzene rings is 2. The predicted octanol–water partition coefficient (Wildman–Crippen LogP) is 4.48. The van der Waals surface area contributed by atoms with E-state index >= 15 is 0 Å². The lowest BCUT2D eigenvalue weighted by Crippen LogP contribution is -2.07. The zero-order valence-electron chi connectivity index (χ0n) is 14.0. The number of aromatic nitrogens is 3. The largest absolute Gasteiger partial charge is 0.486 e. The molecule has 2 aromatic carbocycles. The molecule has 0 amide bonds. The summed E-state index contributed by atoms with van der Waals surface area (Å²) in [7, 11) is 0. The Kier molecular flexibility index (Phi) is 5.54. The fourth-order valence-electron chi connectivity index (χ4n) is 2.46. The standard InChI is InChI=1S/C19H21N3OS/c1-3-22-18(13-23-17-10-5-4-6-11-17)20-21-19(22)24-14-16-9-7-8-15(2)12-16/h4-12H,3,13-14H2,1-2H3. The molecule has 3 rings (SSSR count). The number of hydrogen-bond donors (Lipinski definition) is 0. The van der Waals surface area contributed by atoms with Crippen LogP contribution in [0.5, 0.6) is 5.75 Å². The van der Waals surface area contributed by atoms with Crippen LogP contribution in [0.1, 0.15) is 23.9 Å². The van der Waals surface area contributed by atoms with Crippen molar-refractivity contribution in [2.45, 2.75) is 37.9 Å². The van der Waals surface area contributed by atoms with Gasteiger partial charge in [-0.15, -0.1) is 10.2 Å². The Bertz CT molecular complexity index is 786.